The summed E-state index contributed by atoms with van der Waals surface area (Å²) in [5.41, 5.74) is 4.18. The molecule has 32 heavy (non-hydrogen) atoms. The Labute approximate surface area is 188 Å². The molecule has 0 bridgehead atoms. The zero-order valence-electron chi connectivity index (χ0n) is 18.4. The first kappa shape index (κ1) is 23.7. The molecule has 1 aliphatic heterocycles. The number of sulfonamides is 1. The Balaban J connectivity index is 1.50. The van der Waals surface area contributed by atoms with E-state index in [4.69, 9.17) is 9.47 Å². The lowest BCUT2D eigenvalue weighted by Gasteiger charge is -2.33. The van der Waals surface area contributed by atoms with Gasteiger partial charge in [0.05, 0.1) is 31.9 Å². The lowest BCUT2D eigenvalue weighted by molar-refractivity contribution is -0.122. The first-order valence-electron chi connectivity index (χ1n) is 10.2. The fraction of sp³-hybridized carbons (Fsp3) is 0.364. The molecule has 1 aliphatic rings. The van der Waals surface area contributed by atoms with Gasteiger partial charge in [0, 0.05) is 31.7 Å². The van der Waals surface area contributed by atoms with Crippen molar-refractivity contribution in [2.24, 2.45) is 5.10 Å². The van der Waals surface area contributed by atoms with E-state index in [2.05, 4.69) is 10.5 Å². The smallest absolute Gasteiger partial charge is 0.254 e. The average Bonchev–Trinajstić information content (AvgIpc) is 2.79. The second kappa shape index (κ2) is 10.6. The van der Waals surface area contributed by atoms with Gasteiger partial charge in [0.15, 0.2) is 0 Å². The molecular weight excluding hydrogens is 432 g/mol. The molecule has 10 heteroatoms. The largest absolute Gasteiger partial charge is 0.497 e. The fourth-order valence-corrected chi connectivity index (χ4v) is 4.76. The minimum atomic E-state index is -3.53. The maximum atomic E-state index is 12.8. The van der Waals surface area contributed by atoms with E-state index in [-0.39, 0.29) is 17.3 Å². The molecule has 172 valence electrons. The fourth-order valence-electron chi connectivity index (χ4n) is 3.34. The van der Waals surface area contributed by atoms with Gasteiger partial charge in [0.25, 0.3) is 5.91 Å². The predicted molar refractivity (Wildman–Crippen MR) is 122 cm³/mol. The van der Waals surface area contributed by atoms with Crippen molar-refractivity contribution >= 4 is 22.1 Å². The van der Waals surface area contributed by atoms with Crippen molar-refractivity contribution in [2.45, 2.75) is 11.8 Å². The molecular formula is C22H28N4O5S. The summed E-state index contributed by atoms with van der Waals surface area (Å²) >= 11 is 0. The number of carbonyl (C=O) groups is 1. The highest BCUT2D eigenvalue weighted by molar-refractivity contribution is 7.89. The van der Waals surface area contributed by atoms with Crippen LogP contribution in [0.1, 0.15) is 11.1 Å². The quantitative estimate of drug-likeness (QED) is 0.473. The zero-order valence-corrected chi connectivity index (χ0v) is 19.3. The number of aryl methyl sites for hydroxylation is 1. The summed E-state index contributed by atoms with van der Waals surface area (Å²) in [5, 5.41) is 4.00. The molecule has 3 rings (SSSR count). The zero-order chi connectivity index (χ0) is 23.1. The summed E-state index contributed by atoms with van der Waals surface area (Å²) in [6, 6.07) is 12.1. The van der Waals surface area contributed by atoms with Crippen LogP contribution in [0.5, 0.6) is 11.5 Å². The lowest BCUT2D eigenvalue weighted by Crippen LogP contribution is -2.50. The van der Waals surface area contributed by atoms with Gasteiger partial charge in [-0.15, -0.1) is 0 Å². The van der Waals surface area contributed by atoms with Gasteiger partial charge in [-0.2, -0.15) is 9.41 Å². The molecule has 0 aliphatic carbocycles. The van der Waals surface area contributed by atoms with Crippen molar-refractivity contribution in [3.05, 3.63) is 53.6 Å². The number of hydrogen-bond acceptors (Lipinski definition) is 7. The first-order valence-corrected chi connectivity index (χ1v) is 11.6. The number of methoxy groups -OCH3 is 2. The van der Waals surface area contributed by atoms with Gasteiger partial charge in [0.2, 0.25) is 10.0 Å². The van der Waals surface area contributed by atoms with Crippen molar-refractivity contribution in [3.8, 4) is 11.5 Å². The van der Waals surface area contributed by atoms with Crippen LogP contribution >= 0.6 is 0 Å². The number of carbonyl (C=O) groups excluding carboxylic acids is 1. The number of ether oxygens (including phenoxy) is 2. The monoisotopic (exact) mass is 460 g/mol. The highest BCUT2D eigenvalue weighted by Crippen LogP contribution is 2.22. The van der Waals surface area contributed by atoms with Crippen LogP contribution in [-0.4, -0.2) is 76.7 Å². The van der Waals surface area contributed by atoms with Gasteiger partial charge in [-0.3, -0.25) is 9.69 Å². The summed E-state index contributed by atoms with van der Waals surface area (Å²) < 4.78 is 37.5. The normalized spacial score (nSPS) is 15.6. The van der Waals surface area contributed by atoms with Crippen molar-refractivity contribution < 1.29 is 22.7 Å². The van der Waals surface area contributed by atoms with Crippen molar-refractivity contribution in [3.63, 3.8) is 0 Å². The topological polar surface area (TPSA) is 101 Å². The van der Waals surface area contributed by atoms with Gasteiger partial charge in [0.1, 0.15) is 11.5 Å². The molecule has 0 atom stereocenters. The van der Waals surface area contributed by atoms with Gasteiger partial charge in [-0.1, -0.05) is 17.7 Å². The number of hydrogen-bond donors (Lipinski definition) is 1. The minimum absolute atomic E-state index is 0.130. The summed E-state index contributed by atoms with van der Waals surface area (Å²) in [6.07, 6.45) is 1.49. The maximum absolute atomic E-state index is 12.8. The van der Waals surface area contributed by atoms with E-state index in [0.29, 0.717) is 43.2 Å². The molecule has 0 aromatic heterocycles. The molecule has 1 fully saturated rings. The van der Waals surface area contributed by atoms with Gasteiger partial charge < -0.3 is 9.47 Å². The van der Waals surface area contributed by atoms with E-state index in [9.17, 15) is 13.2 Å². The number of nitrogens with one attached hydrogen (secondary N) is 1. The number of piperazine rings is 1. The number of nitrogens with zero attached hydrogens (tertiary/aromatic N) is 3. The van der Waals surface area contributed by atoms with Gasteiger partial charge in [-0.05, 0) is 37.3 Å². The van der Waals surface area contributed by atoms with Crippen molar-refractivity contribution in [1.82, 2.24) is 14.6 Å². The molecule has 0 saturated carbocycles. The number of rotatable bonds is 8. The highest BCUT2D eigenvalue weighted by atomic mass is 32.2. The van der Waals surface area contributed by atoms with Crippen LogP contribution in [-0.2, 0) is 14.8 Å². The molecule has 2 aromatic carbocycles. The third-order valence-electron chi connectivity index (χ3n) is 5.19. The summed E-state index contributed by atoms with van der Waals surface area (Å²) in [4.78, 5) is 14.4. The Morgan fingerprint density at radius 2 is 1.75 bits per heavy atom. The van der Waals surface area contributed by atoms with E-state index >= 15 is 0 Å². The van der Waals surface area contributed by atoms with Crippen LogP contribution in [0.15, 0.2) is 52.5 Å². The van der Waals surface area contributed by atoms with Gasteiger partial charge in [-0.25, -0.2) is 13.8 Å². The Morgan fingerprint density at radius 3 is 2.38 bits per heavy atom. The van der Waals surface area contributed by atoms with E-state index in [0.717, 1.165) is 5.56 Å². The average molecular weight is 461 g/mol. The Morgan fingerprint density at radius 1 is 1.06 bits per heavy atom. The molecule has 0 spiro atoms. The third-order valence-corrected chi connectivity index (χ3v) is 7.10. The van der Waals surface area contributed by atoms with E-state index in [1.807, 2.05) is 11.8 Å². The molecule has 1 N–H and O–H groups in total. The molecule has 0 radical (unpaired) electrons. The number of benzene rings is 2. The lowest BCUT2D eigenvalue weighted by atomic mass is 10.2. The molecule has 2 aromatic rings. The Hall–Kier alpha value is -2.95. The summed E-state index contributed by atoms with van der Waals surface area (Å²) in [6.45, 7) is 3.63. The summed E-state index contributed by atoms with van der Waals surface area (Å²) in [5.74, 6) is 0.977. The van der Waals surface area contributed by atoms with Crippen LogP contribution in [0.25, 0.3) is 0 Å². The predicted octanol–water partition coefficient (Wildman–Crippen LogP) is 1.47. The highest BCUT2D eigenvalue weighted by Gasteiger charge is 2.28. The Bertz CT molecular complexity index is 1060. The van der Waals surface area contributed by atoms with Crippen LogP contribution in [0.3, 0.4) is 0 Å². The van der Waals surface area contributed by atoms with E-state index in [1.165, 1.54) is 10.5 Å². The van der Waals surface area contributed by atoms with Crippen LogP contribution in [0.2, 0.25) is 0 Å². The Kier molecular flexibility index (Phi) is 7.84. The molecule has 9 nitrogen and oxygen atoms in total. The second-order valence-electron chi connectivity index (χ2n) is 7.39. The van der Waals surface area contributed by atoms with Crippen LogP contribution < -0.4 is 14.9 Å². The molecule has 1 heterocycles. The SMILES string of the molecule is COc1ccc(OC)c(/C=N/NC(=O)CN2CCN(S(=O)(=O)c3ccc(C)cc3)CC2)c1. The second-order valence-corrected chi connectivity index (χ2v) is 9.33. The maximum Gasteiger partial charge on any atom is 0.254 e. The van der Waals surface area contributed by atoms with Crippen molar-refractivity contribution in [2.75, 3.05) is 46.9 Å². The molecule has 0 unspecified atom stereocenters. The van der Waals surface area contributed by atoms with Crippen LogP contribution in [0, 0.1) is 6.92 Å². The van der Waals surface area contributed by atoms with Crippen LogP contribution in [0.4, 0.5) is 0 Å². The van der Waals surface area contributed by atoms with E-state index in [1.54, 1.807) is 56.7 Å². The molecule has 1 amide bonds. The summed E-state index contributed by atoms with van der Waals surface area (Å²) in [7, 11) is -0.410. The van der Waals surface area contributed by atoms with Gasteiger partial charge >= 0.3 is 0 Å². The minimum Gasteiger partial charge on any atom is -0.497 e. The standard InChI is InChI=1S/C22H28N4O5S/c1-17-4-7-20(8-5-17)32(28,29)26-12-10-25(11-13-26)16-22(27)24-23-15-18-14-19(30-2)6-9-21(18)31-3/h4-9,14-15H,10-13,16H2,1-3H3,(H,24,27)/b23-15+. The van der Waals surface area contributed by atoms with E-state index < -0.39 is 10.0 Å². The molecule has 1 saturated heterocycles. The first-order chi connectivity index (χ1) is 15.3. The van der Waals surface area contributed by atoms with Crippen molar-refractivity contribution in [1.29, 1.82) is 0 Å². The third kappa shape index (κ3) is 5.84. The number of amides is 1. The number of hydrazone groups is 1.